The molecule has 0 heterocycles. The molecular formula is C23H33NO11. The second-order valence-corrected chi connectivity index (χ2v) is 7.63. The lowest BCUT2D eigenvalue weighted by Crippen LogP contribution is -2.59. The van der Waals surface area contributed by atoms with Crippen molar-refractivity contribution in [1.82, 2.24) is 5.32 Å². The number of ether oxygens (including phenoxy) is 6. The summed E-state index contributed by atoms with van der Waals surface area (Å²) in [6.45, 7) is 9.96. The molecule has 0 amide bonds. The van der Waals surface area contributed by atoms with Gasteiger partial charge in [-0.25, -0.2) is 19.2 Å². The number of carboxylic acids is 1. The first-order chi connectivity index (χ1) is 16.5. The van der Waals surface area contributed by atoms with Gasteiger partial charge >= 0.3 is 24.4 Å². The zero-order chi connectivity index (χ0) is 26.6. The van der Waals surface area contributed by atoms with E-state index < -0.39 is 42.7 Å². The van der Waals surface area contributed by atoms with Gasteiger partial charge in [0.25, 0.3) is 5.72 Å². The van der Waals surface area contributed by atoms with Crippen LogP contribution in [0.5, 0.6) is 11.5 Å². The van der Waals surface area contributed by atoms with E-state index in [1.165, 1.54) is 18.2 Å². The Balaban J connectivity index is 3.42. The van der Waals surface area contributed by atoms with Gasteiger partial charge in [-0.3, -0.25) is 5.32 Å². The molecule has 12 nitrogen and oxygen atoms in total. The Labute approximate surface area is 203 Å². The summed E-state index contributed by atoms with van der Waals surface area (Å²) < 4.78 is 29.9. The number of rotatable bonds is 12. The molecule has 0 saturated carbocycles. The normalized spacial score (nSPS) is 13.2. The number of nitrogens with one attached hydrogen (secondary N) is 1. The highest BCUT2D eigenvalue weighted by atomic mass is 16.8. The quantitative estimate of drug-likeness (QED) is 0.184. The van der Waals surface area contributed by atoms with Crippen molar-refractivity contribution in [3.8, 4) is 11.5 Å². The molecule has 0 fully saturated rings. The maximum atomic E-state index is 12.3. The molecule has 1 rings (SSSR count). The second kappa shape index (κ2) is 14.0. The monoisotopic (exact) mass is 499 g/mol. The highest BCUT2D eigenvalue weighted by molar-refractivity contribution is 5.80. The summed E-state index contributed by atoms with van der Waals surface area (Å²) in [5.74, 6) is -1.88. The van der Waals surface area contributed by atoms with Crippen molar-refractivity contribution in [2.24, 2.45) is 0 Å². The first-order valence-electron chi connectivity index (χ1n) is 11.2. The third-order valence-corrected chi connectivity index (χ3v) is 4.40. The van der Waals surface area contributed by atoms with Gasteiger partial charge < -0.3 is 33.5 Å². The molecule has 1 unspecified atom stereocenters. The minimum atomic E-state index is -2.22. The lowest BCUT2D eigenvalue weighted by Gasteiger charge is -2.32. The maximum Gasteiger partial charge on any atom is 0.513 e. The predicted molar refractivity (Wildman–Crippen MR) is 121 cm³/mol. The average molecular weight is 500 g/mol. The van der Waals surface area contributed by atoms with Crippen LogP contribution in [0.4, 0.5) is 14.4 Å². The van der Waals surface area contributed by atoms with Gasteiger partial charge in [-0.1, -0.05) is 13.0 Å². The summed E-state index contributed by atoms with van der Waals surface area (Å²) in [6.07, 6.45) is -3.69. The van der Waals surface area contributed by atoms with E-state index >= 15 is 0 Å². The summed E-state index contributed by atoms with van der Waals surface area (Å²) in [5, 5.41) is 12.9. The Morgan fingerprint density at radius 2 is 1.49 bits per heavy atom. The van der Waals surface area contributed by atoms with Gasteiger partial charge in [0.1, 0.15) is 0 Å². The van der Waals surface area contributed by atoms with Crippen molar-refractivity contribution in [2.75, 3.05) is 13.2 Å². The van der Waals surface area contributed by atoms with Crippen LogP contribution in [0.25, 0.3) is 0 Å². The molecule has 0 aliphatic carbocycles. The van der Waals surface area contributed by atoms with Crippen molar-refractivity contribution in [1.29, 1.82) is 0 Å². The fourth-order valence-corrected chi connectivity index (χ4v) is 2.74. The maximum absolute atomic E-state index is 12.3. The van der Waals surface area contributed by atoms with Crippen LogP contribution in [0.3, 0.4) is 0 Å². The standard InChI is InChI=1S/C23H33NO11/c1-7-15(6)24-23(19(25)26,35-22(29)32-14(4)5)13-16-10-11-17(33-20(27)30-8-2)18(12-16)34-21(28)31-9-3/h10-12,14-15,24H,7-9,13H2,1-6H3,(H,25,26)/t15?,23-/m0/s1. The van der Waals surface area contributed by atoms with Gasteiger partial charge in [0.15, 0.2) is 11.5 Å². The van der Waals surface area contributed by atoms with E-state index in [1.807, 2.05) is 6.92 Å². The van der Waals surface area contributed by atoms with Gasteiger partial charge in [0.2, 0.25) is 0 Å². The third-order valence-electron chi connectivity index (χ3n) is 4.40. The van der Waals surface area contributed by atoms with E-state index in [-0.39, 0.29) is 36.3 Å². The predicted octanol–water partition coefficient (Wildman–Crippen LogP) is 4.03. The van der Waals surface area contributed by atoms with Crippen LogP contribution < -0.4 is 14.8 Å². The van der Waals surface area contributed by atoms with E-state index in [9.17, 15) is 24.3 Å². The number of carbonyl (C=O) groups excluding carboxylic acids is 3. The highest BCUT2D eigenvalue weighted by Crippen LogP contribution is 2.31. The molecule has 1 aromatic rings. The number of hydrogen-bond acceptors (Lipinski definition) is 11. The van der Waals surface area contributed by atoms with Crippen molar-refractivity contribution >= 4 is 24.4 Å². The molecule has 35 heavy (non-hydrogen) atoms. The summed E-state index contributed by atoms with van der Waals surface area (Å²) >= 11 is 0. The van der Waals surface area contributed by atoms with Crippen LogP contribution >= 0.6 is 0 Å². The van der Waals surface area contributed by atoms with Crippen LogP contribution in [-0.4, -0.2) is 60.6 Å². The first-order valence-corrected chi connectivity index (χ1v) is 11.2. The molecule has 0 aliphatic heterocycles. The number of carboxylic acid groups (broad SMARTS) is 1. The Morgan fingerprint density at radius 1 is 0.914 bits per heavy atom. The van der Waals surface area contributed by atoms with Crippen LogP contribution in [0.15, 0.2) is 18.2 Å². The van der Waals surface area contributed by atoms with Gasteiger partial charge in [0.05, 0.1) is 19.3 Å². The molecular weight excluding hydrogens is 466 g/mol. The molecule has 0 aliphatic rings. The van der Waals surface area contributed by atoms with Crippen molar-refractivity contribution in [3.05, 3.63) is 23.8 Å². The molecule has 196 valence electrons. The zero-order valence-electron chi connectivity index (χ0n) is 20.7. The smallest absolute Gasteiger partial charge is 0.477 e. The van der Waals surface area contributed by atoms with Gasteiger partial charge in [-0.05, 0) is 58.7 Å². The van der Waals surface area contributed by atoms with Crippen molar-refractivity contribution in [3.63, 3.8) is 0 Å². The number of hydrogen-bond donors (Lipinski definition) is 2. The topological polar surface area (TPSA) is 156 Å². The summed E-state index contributed by atoms with van der Waals surface area (Å²) in [5.41, 5.74) is -1.96. The first kappa shape index (κ1) is 29.5. The highest BCUT2D eigenvalue weighted by Gasteiger charge is 2.45. The van der Waals surface area contributed by atoms with E-state index in [4.69, 9.17) is 28.4 Å². The summed E-state index contributed by atoms with van der Waals surface area (Å²) in [6, 6.07) is 3.60. The fraction of sp³-hybridized carbons (Fsp3) is 0.565. The largest absolute Gasteiger partial charge is 0.513 e. The lowest BCUT2D eigenvalue weighted by molar-refractivity contribution is -0.167. The summed E-state index contributed by atoms with van der Waals surface area (Å²) in [7, 11) is 0. The second-order valence-electron chi connectivity index (χ2n) is 7.63. The summed E-state index contributed by atoms with van der Waals surface area (Å²) in [4.78, 5) is 48.3. The van der Waals surface area contributed by atoms with Crippen LogP contribution in [0.2, 0.25) is 0 Å². The van der Waals surface area contributed by atoms with Crippen molar-refractivity contribution in [2.45, 2.75) is 72.3 Å². The average Bonchev–Trinajstić information content (AvgIpc) is 2.74. The van der Waals surface area contributed by atoms with Gasteiger partial charge in [0, 0.05) is 12.5 Å². The molecule has 0 saturated heterocycles. The van der Waals surface area contributed by atoms with E-state index in [0.717, 1.165) is 0 Å². The van der Waals surface area contributed by atoms with E-state index in [1.54, 1.807) is 34.6 Å². The molecule has 0 bridgehead atoms. The molecule has 0 aromatic heterocycles. The number of carbonyl (C=O) groups is 4. The minimum absolute atomic E-state index is 0.0271. The van der Waals surface area contributed by atoms with Crippen LogP contribution in [-0.2, 0) is 30.2 Å². The molecule has 1 aromatic carbocycles. The van der Waals surface area contributed by atoms with Crippen LogP contribution in [0, 0.1) is 0 Å². The Bertz CT molecular complexity index is 886. The fourth-order valence-electron chi connectivity index (χ4n) is 2.74. The van der Waals surface area contributed by atoms with E-state index in [0.29, 0.717) is 6.42 Å². The minimum Gasteiger partial charge on any atom is -0.477 e. The van der Waals surface area contributed by atoms with E-state index in [2.05, 4.69) is 5.32 Å². The number of aliphatic carboxylic acids is 1. The lowest BCUT2D eigenvalue weighted by atomic mass is 10.00. The van der Waals surface area contributed by atoms with Crippen LogP contribution in [0.1, 0.15) is 53.5 Å². The van der Waals surface area contributed by atoms with Crippen molar-refractivity contribution < 1.29 is 52.7 Å². The third kappa shape index (κ3) is 9.69. The molecule has 0 radical (unpaired) electrons. The Morgan fingerprint density at radius 3 is 1.97 bits per heavy atom. The molecule has 2 N–H and O–H groups in total. The molecule has 0 spiro atoms. The molecule has 2 atom stereocenters. The zero-order valence-corrected chi connectivity index (χ0v) is 20.7. The van der Waals surface area contributed by atoms with Gasteiger partial charge in [-0.2, -0.15) is 0 Å². The number of benzene rings is 1. The Hall–Kier alpha value is -3.54. The Kier molecular flexibility index (Phi) is 11.8. The molecule has 12 heteroatoms. The van der Waals surface area contributed by atoms with Gasteiger partial charge in [-0.15, -0.1) is 0 Å². The SMILES string of the molecule is CCOC(=O)Oc1ccc(C[C@](NC(C)CC)(OC(=O)OC(C)C)C(=O)O)cc1OC(=O)OCC.